The Morgan fingerprint density at radius 2 is 1.67 bits per heavy atom. The predicted molar refractivity (Wildman–Crippen MR) is 120 cm³/mol. The van der Waals surface area contributed by atoms with Crippen LogP contribution < -0.4 is 5.32 Å². The number of amides is 1. The second kappa shape index (κ2) is 8.13. The number of rotatable bonds is 4. The highest BCUT2D eigenvalue weighted by atomic mass is 35.5. The number of anilines is 1. The third kappa shape index (κ3) is 4.11. The lowest BCUT2D eigenvalue weighted by Crippen LogP contribution is -2.14. The van der Waals surface area contributed by atoms with E-state index < -0.39 is 0 Å². The van der Waals surface area contributed by atoms with E-state index in [1.807, 2.05) is 69.3 Å². The van der Waals surface area contributed by atoms with Gasteiger partial charge in [0.25, 0.3) is 5.91 Å². The number of benzene rings is 3. The molecule has 0 unspecified atom stereocenters. The van der Waals surface area contributed by atoms with E-state index in [-0.39, 0.29) is 11.7 Å². The van der Waals surface area contributed by atoms with Gasteiger partial charge in [0.2, 0.25) is 5.82 Å². The number of carbonyl (C=O) groups is 1. The molecule has 1 aromatic heterocycles. The summed E-state index contributed by atoms with van der Waals surface area (Å²) in [5, 5.41) is 8.06. The molecule has 4 aromatic rings. The lowest BCUT2D eigenvalue weighted by molar-refractivity contribution is 0.101. The standard InChI is InChI=1S/C24H21ClN4O/c1-15-5-4-6-20(14-15)26-24(30)22-27-23(18-8-10-19(25)11-9-18)29(28-22)21-12-7-16(2)13-17(21)3/h4-14H,1-3H3,(H,26,30). The van der Waals surface area contributed by atoms with Crippen LogP contribution in [0.5, 0.6) is 0 Å². The van der Waals surface area contributed by atoms with E-state index in [2.05, 4.69) is 21.5 Å². The molecule has 150 valence electrons. The summed E-state index contributed by atoms with van der Waals surface area (Å²) < 4.78 is 1.71. The fourth-order valence-corrected chi connectivity index (χ4v) is 3.44. The fourth-order valence-electron chi connectivity index (χ4n) is 3.31. The normalized spacial score (nSPS) is 10.8. The van der Waals surface area contributed by atoms with Gasteiger partial charge < -0.3 is 5.32 Å². The Hall–Kier alpha value is -3.44. The Labute approximate surface area is 180 Å². The first-order valence-corrected chi connectivity index (χ1v) is 9.97. The topological polar surface area (TPSA) is 59.8 Å². The minimum absolute atomic E-state index is 0.0985. The Kier molecular flexibility index (Phi) is 5.38. The van der Waals surface area contributed by atoms with Crippen molar-refractivity contribution in [2.45, 2.75) is 20.8 Å². The van der Waals surface area contributed by atoms with Gasteiger partial charge in [-0.05, 0) is 74.4 Å². The zero-order valence-electron chi connectivity index (χ0n) is 17.0. The van der Waals surface area contributed by atoms with Crippen LogP contribution in [0.25, 0.3) is 17.1 Å². The minimum Gasteiger partial charge on any atom is -0.319 e. The molecule has 1 heterocycles. The van der Waals surface area contributed by atoms with Crippen molar-refractivity contribution >= 4 is 23.2 Å². The lowest BCUT2D eigenvalue weighted by Gasteiger charge is -2.10. The first kappa shape index (κ1) is 19.9. The number of aromatic nitrogens is 3. The molecule has 4 rings (SSSR count). The molecule has 1 amide bonds. The summed E-state index contributed by atoms with van der Waals surface area (Å²) in [5.41, 5.74) is 5.65. The van der Waals surface area contributed by atoms with Crippen LogP contribution in [-0.2, 0) is 0 Å². The van der Waals surface area contributed by atoms with Gasteiger partial charge in [-0.1, -0.05) is 41.4 Å². The summed E-state index contributed by atoms with van der Waals surface area (Å²) in [4.78, 5) is 17.4. The molecule has 3 aromatic carbocycles. The van der Waals surface area contributed by atoms with E-state index in [1.165, 1.54) is 0 Å². The maximum atomic E-state index is 12.9. The first-order chi connectivity index (χ1) is 14.4. The van der Waals surface area contributed by atoms with Crippen molar-refractivity contribution in [1.82, 2.24) is 14.8 Å². The molecule has 0 saturated carbocycles. The van der Waals surface area contributed by atoms with Gasteiger partial charge in [0.1, 0.15) is 0 Å². The number of nitrogens with zero attached hydrogens (tertiary/aromatic N) is 3. The number of aryl methyl sites for hydroxylation is 3. The van der Waals surface area contributed by atoms with Crippen LogP contribution in [0.4, 0.5) is 5.69 Å². The van der Waals surface area contributed by atoms with Crippen molar-refractivity contribution in [2.24, 2.45) is 0 Å². The molecular formula is C24H21ClN4O. The van der Waals surface area contributed by atoms with E-state index in [4.69, 9.17) is 11.6 Å². The van der Waals surface area contributed by atoms with Gasteiger partial charge in [-0.15, -0.1) is 5.10 Å². The summed E-state index contributed by atoms with van der Waals surface area (Å²) in [7, 11) is 0. The Morgan fingerprint density at radius 3 is 2.37 bits per heavy atom. The average molecular weight is 417 g/mol. The molecule has 0 aliphatic rings. The second-order valence-electron chi connectivity index (χ2n) is 7.29. The monoisotopic (exact) mass is 416 g/mol. The molecule has 5 nitrogen and oxygen atoms in total. The van der Waals surface area contributed by atoms with Crippen LogP contribution >= 0.6 is 11.6 Å². The summed E-state index contributed by atoms with van der Waals surface area (Å²) in [5.74, 6) is 0.314. The smallest absolute Gasteiger partial charge is 0.295 e. The summed E-state index contributed by atoms with van der Waals surface area (Å²) in [6.07, 6.45) is 0. The van der Waals surface area contributed by atoms with E-state index in [0.29, 0.717) is 16.5 Å². The largest absolute Gasteiger partial charge is 0.319 e. The van der Waals surface area contributed by atoms with Crippen molar-refractivity contribution in [3.63, 3.8) is 0 Å². The molecule has 0 aliphatic carbocycles. The molecule has 30 heavy (non-hydrogen) atoms. The van der Waals surface area contributed by atoms with E-state index in [1.54, 1.807) is 16.8 Å². The Balaban J connectivity index is 1.79. The Morgan fingerprint density at radius 1 is 0.933 bits per heavy atom. The maximum Gasteiger partial charge on any atom is 0.295 e. The number of halogens is 1. The molecular weight excluding hydrogens is 396 g/mol. The zero-order valence-corrected chi connectivity index (χ0v) is 17.7. The molecule has 0 radical (unpaired) electrons. The van der Waals surface area contributed by atoms with E-state index in [0.717, 1.165) is 27.9 Å². The van der Waals surface area contributed by atoms with Crippen LogP contribution in [0.1, 0.15) is 27.3 Å². The number of hydrogen-bond acceptors (Lipinski definition) is 3. The van der Waals surface area contributed by atoms with Gasteiger partial charge in [-0.3, -0.25) is 4.79 Å². The molecule has 0 atom stereocenters. The lowest BCUT2D eigenvalue weighted by atomic mass is 10.1. The summed E-state index contributed by atoms with van der Waals surface area (Å²) in [6.45, 7) is 6.03. The fraction of sp³-hybridized carbons (Fsp3) is 0.125. The number of hydrogen-bond donors (Lipinski definition) is 1. The minimum atomic E-state index is -0.362. The van der Waals surface area contributed by atoms with Gasteiger partial charge in [0.05, 0.1) is 5.69 Å². The molecule has 0 spiro atoms. The zero-order chi connectivity index (χ0) is 21.3. The molecule has 0 bridgehead atoms. The van der Waals surface area contributed by atoms with Gasteiger partial charge >= 0.3 is 0 Å². The second-order valence-corrected chi connectivity index (χ2v) is 7.73. The summed E-state index contributed by atoms with van der Waals surface area (Å²) >= 11 is 6.05. The van der Waals surface area contributed by atoms with Gasteiger partial charge in [-0.2, -0.15) is 0 Å². The molecule has 0 fully saturated rings. The highest BCUT2D eigenvalue weighted by molar-refractivity contribution is 6.30. The van der Waals surface area contributed by atoms with Gasteiger partial charge in [0.15, 0.2) is 5.82 Å². The van der Waals surface area contributed by atoms with Crippen molar-refractivity contribution < 1.29 is 4.79 Å². The SMILES string of the molecule is Cc1cccc(NC(=O)c2nc(-c3ccc(Cl)cc3)n(-c3ccc(C)cc3C)n2)c1. The number of carbonyl (C=O) groups excluding carboxylic acids is 1. The van der Waals surface area contributed by atoms with Crippen LogP contribution in [-0.4, -0.2) is 20.7 Å². The van der Waals surface area contributed by atoms with Crippen LogP contribution in [0.15, 0.2) is 66.7 Å². The molecule has 0 aliphatic heterocycles. The van der Waals surface area contributed by atoms with Crippen molar-refractivity contribution in [2.75, 3.05) is 5.32 Å². The highest BCUT2D eigenvalue weighted by Crippen LogP contribution is 2.25. The van der Waals surface area contributed by atoms with Crippen molar-refractivity contribution in [1.29, 1.82) is 0 Å². The Bertz CT molecular complexity index is 1230. The first-order valence-electron chi connectivity index (χ1n) is 9.59. The third-order valence-electron chi connectivity index (χ3n) is 4.77. The van der Waals surface area contributed by atoms with Gasteiger partial charge in [0, 0.05) is 16.3 Å². The van der Waals surface area contributed by atoms with Crippen LogP contribution in [0.3, 0.4) is 0 Å². The van der Waals surface area contributed by atoms with Crippen molar-refractivity contribution in [3.05, 3.63) is 94.3 Å². The predicted octanol–water partition coefficient (Wildman–Crippen LogP) is 5.77. The molecule has 6 heteroatoms. The average Bonchev–Trinajstić information content (AvgIpc) is 3.14. The molecule has 0 saturated heterocycles. The van der Waals surface area contributed by atoms with Crippen LogP contribution in [0, 0.1) is 20.8 Å². The summed E-state index contributed by atoms with van der Waals surface area (Å²) in [6, 6.07) is 21.0. The maximum absolute atomic E-state index is 12.9. The van der Waals surface area contributed by atoms with Crippen LogP contribution in [0.2, 0.25) is 5.02 Å². The quantitative estimate of drug-likeness (QED) is 0.459. The molecule has 1 N–H and O–H groups in total. The van der Waals surface area contributed by atoms with E-state index >= 15 is 0 Å². The van der Waals surface area contributed by atoms with E-state index in [9.17, 15) is 4.79 Å². The van der Waals surface area contributed by atoms with Crippen molar-refractivity contribution in [3.8, 4) is 17.1 Å². The van der Waals surface area contributed by atoms with Gasteiger partial charge in [-0.25, -0.2) is 9.67 Å². The number of nitrogens with one attached hydrogen (secondary N) is 1. The highest BCUT2D eigenvalue weighted by Gasteiger charge is 2.20. The third-order valence-corrected chi connectivity index (χ3v) is 5.02.